The molecule has 0 aliphatic heterocycles. The van der Waals surface area contributed by atoms with Crippen molar-refractivity contribution in [3.05, 3.63) is 17.7 Å². The molecule has 110 valence electrons. The molecule has 0 aliphatic carbocycles. The Hall–Kier alpha value is -0.620. The second-order valence-corrected chi connectivity index (χ2v) is 4.96. The van der Waals surface area contributed by atoms with Crippen LogP contribution in [-0.4, -0.2) is 31.7 Å². The van der Waals surface area contributed by atoms with Crippen LogP contribution < -0.4 is 15.0 Å². The summed E-state index contributed by atoms with van der Waals surface area (Å²) in [5, 5.41) is 8.66. The normalized spacial score (nSPS) is 9.89. The first-order chi connectivity index (χ1) is 8.76. The quantitative estimate of drug-likeness (QED) is 0.571. The number of methoxy groups -OCH3 is 2. The molecule has 0 radical (unpaired) electrons. The lowest BCUT2D eigenvalue weighted by molar-refractivity contribution is 0.168. The van der Waals surface area contributed by atoms with Gasteiger partial charge in [-0.3, -0.25) is 0 Å². The summed E-state index contributed by atoms with van der Waals surface area (Å²) in [6.07, 6.45) is 1.81. The van der Waals surface area contributed by atoms with Crippen molar-refractivity contribution in [3.63, 3.8) is 0 Å². The van der Waals surface area contributed by atoms with Crippen LogP contribution in [0, 0.1) is 0 Å². The van der Waals surface area contributed by atoms with Crippen molar-refractivity contribution < 1.29 is 14.7 Å². The minimum Gasteiger partial charge on any atom is -0.496 e. The molecule has 0 aromatic heterocycles. The molecular weight excluding hydrogens is 286 g/mol. The Morgan fingerprint density at radius 2 is 1.89 bits per heavy atom. The van der Waals surface area contributed by atoms with E-state index >= 15 is 0 Å². The van der Waals surface area contributed by atoms with E-state index in [-0.39, 0.29) is 12.4 Å². The van der Waals surface area contributed by atoms with Gasteiger partial charge in [-0.1, -0.05) is 6.92 Å². The molecule has 0 bridgehead atoms. The van der Waals surface area contributed by atoms with E-state index in [2.05, 4.69) is 12.4 Å². The Morgan fingerprint density at radius 3 is 2.42 bits per heavy atom. The van der Waals surface area contributed by atoms with E-state index in [0.717, 1.165) is 34.1 Å². The summed E-state index contributed by atoms with van der Waals surface area (Å²) in [6.45, 7) is 2.64. The predicted molar refractivity (Wildman–Crippen MR) is 81.3 cm³/mol. The highest BCUT2D eigenvalue weighted by atomic mass is 35.5. The summed E-state index contributed by atoms with van der Waals surface area (Å²) in [5.41, 5.74) is 3.18. The largest absolute Gasteiger partial charge is 0.496 e. The van der Waals surface area contributed by atoms with Crippen molar-refractivity contribution in [3.8, 4) is 11.5 Å². The van der Waals surface area contributed by atoms with Crippen LogP contribution in [0.1, 0.15) is 18.9 Å². The molecule has 6 heteroatoms. The van der Waals surface area contributed by atoms with Gasteiger partial charge < -0.3 is 14.7 Å². The maximum atomic E-state index is 8.66. The van der Waals surface area contributed by atoms with Crippen LogP contribution >= 0.6 is 24.2 Å². The number of benzene rings is 1. The summed E-state index contributed by atoms with van der Waals surface area (Å²) >= 11 is 1.76. The van der Waals surface area contributed by atoms with Crippen LogP contribution in [0.25, 0.3) is 0 Å². The van der Waals surface area contributed by atoms with Crippen molar-refractivity contribution in [2.45, 2.75) is 24.7 Å². The minimum atomic E-state index is 0. The standard InChI is InChI=1S/C13H21NO3S.ClH/c1-4-7-18-13-9-11(16-2)10(5-6-14-15)8-12(13)17-3;/h8-9,14-15H,4-7H2,1-3H3;1H. The summed E-state index contributed by atoms with van der Waals surface area (Å²) in [6, 6.07) is 3.99. The minimum absolute atomic E-state index is 0. The van der Waals surface area contributed by atoms with Gasteiger partial charge in [0.25, 0.3) is 0 Å². The number of hydrogen-bond donors (Lipinski definition) is 2. The van der Waals surface area contributed by atoms with Crippen LogP contribution in [0.5, 0.6) is 11.5 Å². The molecule has 2 N–H and O–H groups in total. The molecule has 0 saturated carbocycles. The fourth-order valence-electron chi connectivity index (χ4n) is 1.64. The van der Waals surface area contributed by atoms with Crippen LogP contribution in [0.15, 0.2) is 17.0 Å². The first kappa shape index (κ1) is 18.4. The highest BCUT2D eigenvalue weighted by Crippen LogP contribution is 2.36. The van der Waals surface area contributed by atoms with E-state index in [1.807, 2.05) is 12.1 Å². The average Bonchev–Trinajstić information content (AvgIpc) is 2.42. The molecule has 0 fully saturated rings. The zero-order valence-corrected chi connectivity index (χ0v) is 13.2. The Kier molecular flexibility index (Phi) is 9.87. The van der Waals surface area contributed by atoms with Gasteiger partial charge in [0.05, 0.1) is 19.1 Å². The summed E-state index contributed by atoms with van der Waals surface area (Å²) < 4.78 is 10.8. The molecule has 0 aliphatic rings. The van der Waals surface area contributed by atoms with E-state index in [4.69, 9.17) is 14.7 Å². The van der Waals surface area contributed by atoms with Crippen LogP contribution in [0.3, 0.4) is 0 Å². The Labute approximate surface area is 125 Å². The number of hydrogen-bond acceptors (Lipinski definition) is 5. The maximum Gasteiger partial charge on any atom is 0.132 e. The third-order valence-corrected chi connectivity index (χ3v) is 3.78. The molecule has 1 aromatic carbocycles. The van der Waals surface area contributed by atoms with Gasteiger partial charge in [-0.2, -0.15) is 0 Å². The third-order valence-electron chi connectivity index (χ3n) is 2.53. The number of nitrogens with one attached hydrogen (secondary N) is 1. The first-order valence-corrected chi connectivity index (χ1v) is 7.00. The second kappa shape index (κ2) is 10.2. The molecule has 0 heterocycles. The number of halogens is 1. The van der Waals surface area contributed by atoms with Crippen molar-refractivity contribution in [2.24, 2.45) is 0 Å². The first-order valence-electron chi connectivity index (χ1n) is 6.01. The monoisotopic (exact) mass is 307 g/mol. The smallest absolute Gasteiger partial charge is 0.132 e. The van der Waals surface area contributed by atoms with Crippen LogP contribution in [0.4, 0.5) is 0 Å². The molecule has 0 amide bonds. The van der Waals surface area contributed by atoms with E-state index in [1.54, 1.807) is 26.0 Å². The zero-order chi connectivity index (χ0) is 13.4. The maximum absolute atomic E-state index is 8.66. The molecule has 0 unspecified atom stereocenters. The predicted octanol–water partition coefficient (Wildman–Crippen LogP) is 3.15. The lowest BCUT2D eigenvalue weighted by atomic mass is 10.1. The van der Waals surface area contributed by atoms with E-state index in [1.165, 1.54) is 0 Å². The molecule has 0 saturated heterocycles. The van der Waals surface area contributed by atoms with Gasteiger partial charge in [-0.25, -0.2) is 5.48 Å². The van der Waals surface area contributed by atoms with E-state index in [0.29, 0.717) is 13.0 Å². The van der Waals surface area contributed by atoms with Gasteiger partial charge in [0.15, 0.2) is 0 Å². The number of hydroxylamine groups is 1. The van der Waals surface area contributed by atoms with E-state index < -0.39 is 0 Å². The van der Waals surface area contributed by atoms with Gasteiger partial charge in [-0.15, -0.1) is 24.2 Å². The van der Waals surface area contributed by atoms with Crippen LogP contribution in [-0.2, 0) is 6.42 Å². The van der Waals surface area contributed by atoms with Gasteiger partial charge in [0.2, 0.25) is 0 Å². The molecule has 0 atom stereocenters. The van der Waals surface area contributed by atoms with Crippen molar-refractivity contribution >= 4 is 24.2 Å². The number of ether oxygens (including phenoxy) is 2. The van der Waals surface area contributed by atoms with Gasteiger partial charge in [0, 0.05) is 6.54 Å². The highest BCUT2D eigenvalue weighted by molar-refractivity contribution is 7.99. The fourth-order valence-corrected chi connectivity index (χ4v) is 2.54. The Morgan fingerprint density at radius 1 is 1.21 bits per heavy atom. The number of rotatable bonds is 8. The fraction of sp³-hybridized carbons (Fsp3) is 0.538. The molecule has 1 aromatic rings. The summed E-state index contributed by atoms with van der Waals surface area (Å²) in [7, 11) is 3.33. The van der Waals surface area contributed by atoms with Gasteiger partial charge in [-0.05, 0) is 36.3 Å². The van der Waals surface area contributed by atoms with E-state index in [9.17, 15) is 0 Å². The van der Waals surface area contributed by atoms with Gasteiger partial charge in [0.1, 0.15) is 11.5 Å². The molecule has 19 heavy (non-hydrogen) atoms. The van der Waals surface area contributed by atoms with Gasteiger partial charge >= 0.3 is 0 Å². The lowest BCUT2D eigenvalue weighted by Gasteiger charge is -2.14. The molecular formula is C13H22ClNO3S. The topological polar surface area (TPSA) is 50.7 Å². The van der Waals surface area contributed by atoms with Crippen LogP contribution in [0.2, 0.25) is 0 Å². The van der Waals surface area contributed by atoms with Crippen molar-refractivity contribution in [2.75, 3.05) is 26.5 Å². The zero-order valence-electron chi connectivity index (χ0n) is 11.6. The third kappa shape index (κ3) is 5.48. The summed E-state index contributed by atoms with van der Waals surface area (Å²) in [5.74, 6) is 2.75. The SMILES string of the molecule is CCCSc1cc(OC)c(CCNO)cc1OC.Cl. The number of thioether (sulfide) groups is 1. The Bertz CT molecular complexity index is 341. The van der Waals surface area contributed by atoms with Crippen molar-refractivity contribution in [1.29, 1.82) is 0 Å². The molecule has 4 nitrogen and oxygen atoms in total. The molecule has 1 rings (SSSR count). The summed E-state index contributed by atoms with van der Waals surface area (Å²) in [4.78, 5) is 1.09. The highest BCUT2D eigenvalue weighted by Gasteiger charge is 2.11. The molecule has 0 spiro atoms. The second-order valence-electron chi connectivity index (χ2n) is 3.82. The lowest BCUT2D eigenvalue weighted by Crippen LogP contribution is -2.12. The average molecular weight is 308 g/mol. The van der Waals surface area contributed by atoms with Crippen molar-refractivity contribution in [1.82, 2.24) is 5.48 Å². The Balaban J connectivity index is 0.00000324.